The zero-order chi connectivity index (χ0) is 14.6. The monoisotopic (exact) mass is 301 g/mol. The number of aryl methyl sites for hydroxylation is 1. The van der Waals surface area contributed by atoms with Crippen molar-refractivity contribution in [1.29, 1.82) is 0 Å². The fraction of sp³-hybridized carbons (Fsp3) is 0.385. The van der Waals surface area contributed by atoms with Gasteiger partial charge in [0, 0.05) is 6.04 Å². The molecule has 20 heavy (non-hydrogen) atoms. The van der Waals surface area contributed by atoms with Crippen molar-refractivity contribution in [3.05, 3.63) is 40.9 Å². The number of halogens is 3. The predicted octanol–water partition coefficient (Wildman–Crippen LogP) is 3.99. The molecular formula is C13H14F3N3S. The lowest BCUT2D eigenvalue weighted by molar-refractivity contribution is -0.138. The van der Waals surface area contributed by atoms with Gasteiger partial charge in [0.2, 0.25) is 10.1 Å². The lowest BCUT2D eigenvalue weighted by Gasteiger charge is -2.12. The van der Waals surface area contributed by atoms with E-state index in [9.17, 15) is 13.2 Å². The van der Waals surface area contributed by atoms with Gasteiger partial charge in [-0.15, -0.1) is 10.2 Å². The summed E-state index contributed by atoms with van der Waals surface area (Å²) in [6, 6.07) is 9.97. The first kappa shape index (κ1) is 14.8. The number of aromatic nitrogens is 2. The lowest BCUT2D eigenvalue weighted by Crippen LogP contribution is -2.15. The van der Waals surface area contributed by atoms with Crippen molar-refractivity contribution in [2.75, 3.05) is 5.32 Å². The maximum Gasteiger partial charge on any atom is 0.445 e. The maximum absolute atomic E-state index is 12.4. The van der Waals surface area contributed by atoms with Crippen molar-refractivity contribution in [2.45, 2.75) is 32.0 Å². The number of rotatable bonds is 5. The Kier molecular flexibility index (Phi) is 4.59. The highest BCUT2D eigenvalue weighted by molar-refractivity contribution is 7.15. The first-order chi connectivity index (χ1) is 9.45. The van der Waals surface area contributed by atoms with E-state index in [1.54, 1.807) is 0 Å². The fourth-order valence-electron chi connectivity index (χ4n) is 1.71. The highest BCUT2D eigenvalue weighted by atomic mass is 32.1. The van der Waals surface area contributed by atoms with Crippen LogP contribution in [0.3, 0.4) is 0 Å². The van der Waals surface area contributed by atoms with Gasteiger partial charge >= 0.3 is 6.18 Å². The van der Waals surface area contributed by atoms with E-state index >= 15 is 0 Å². The van der Waals surface area contributed by atoms with Gasteiger partial charge in [0.15, 0.2) is 0 Å². The first-order valence-electron chi connectivity index (χ1n) is 6.16. The first-order valence-corrected chi connectivity index (χ1v) is 6.98. The van der Waals surface area contributed by atoms with E-state index in [0.29, 0.717) is 11.3 Å². The van der Waals surface area contributed by atoms with Crippen molar-refractivity contribution >= 4 is 16.5 Å². The van der Waals surface area contributed by atoms with E-state index in [2.05, 4.69) is 15.5 Å². The van der Waals surface area contributed by atoms with Gasteiger partial charge in [-0.2, -0.15) is 13.2 Å². The Labute approximate surface area is 118 Å². The summed E-state index contributed by atoms with van der Waals surface area (Å²) in [7, 11) is 0. The Bertz CT molecular complexity index is 539. The number of benzene rings is 1. The third-order valence-corrected chi connectivity index (χ3v) is 3.65. The summed E-state index contributed by atoms with van der Waals surface area (Å²) in [6.45, 7) is 1.91. The molecule has 0 radical (unpaired) electrons. The summed E-state index contributed by atoms with van der Waals surface area (Å²) < 4.78 is 37.2. The molecular weight excluding hydrogens is 287 g/mol. The van der Waals surface area contributed by atoms with E-state index in [4.69, 9.17) is 0 Å². The third kappa shape index (κ3) is 4.19. The van der Waals surface area contributed by atoms with Crippen LogP contribution in [0.1, 0.15) is 23.9 Å². The van der Waals surface area contributed by atoms with Gasteiger partial charge in [-0.05, 0) is 25.3 Å². The fourth-order valence-corrected chi connectivity index (χ4v) is 2.43. The number of hydrogen-bond acceptors (Lipinski definition) is 4. The summed E-state index contributed by atoms with van der Waals surface area (Å²) in [5, 5.41) is 8.89. The van der Waals surface area contributed by atoms with Crippen LogP contribution in [0.15, 0.2) is 30.3 Å². The van der Waals surface area contributed by atoms with Gasteiger partial charge in [-0.3, -0.25) is 0 Å². The second-order valence-electron chi connectivity index (χ2n) is 4.48. The molecule has 0 aliphatic rings. The molecule has 0 aliphatic heterocycles. The van der Waals surface area contributed by atoms with Crippen LogP contribution in [0.25, 0.3) is 0 Å². The molecule has 0 spiro atoms. The van der Waals surface area contributed by atoms with Crippen LogP contribution in [-0.4, -0.2) is 16.2 Å². The van der Waals surface area contributed by atoms with E-state index in [0.717, 1.165) is 12.8 Å². The average molecular weight is 301 g/mol. The summed E-state index contributed by atoms with van der Waals surface area (Å²) in [5.74, 6) is 0. The molecule has 1 heterocycles. The number of anilines is 1. The van der Waals surface area contributed by atoms with Crippen molar-refractivity contribution in [3.63, 3.8) is 0 Å². The maximum atomic E-state index is 12.4. The van der Waals surface area contributed by atoms with Crippen molar-refractivity contribution in [3.8, 4) is 0 Å². The van der Waals surface area contributed by atoms with Gasteiger partial charge < -0.3 is 5.32 Å². The molecule has 3 nitrogen and oxygen atoms in total. The van der Waals surface area contributed by atoms with Crippen LogP contribution >= 0.6 is 11.3 Å². The van der Waals surface area contributed by atoms with E-state index in [1.807, 2.05) is 37.3 Å². The van der Waals surface area contributed by atoms with Gasteiger partial charge in [0.25, 0.3) is 0 Å². The number of hydrogen-bond donors (Lipinski definition) is 1. The second kappa shape index (κ2) is 6.21. The van der Waals surface area contributed by atoms with Crippen LogP contribution < -0.4 is 5.32 Å². The van der Waals surface area contributed by atoms with Crippen LogP contribution in [0.5, 0.6) is 0 Å². The topological polar surface area (TPSA) is 37.8 Å². The minimum absolute atomic E-state index is 0.0317. The predicted molar refractivity (Wildman–Crippen MR) is 72.8 cm³/mol. The average Bonchev–Trinajstić information content (AvgIpc) is 2.86. The summed E-state index contributed by atoms with van der Waals surface area (Å²) in [4.78, 5) is 0. The summed E-state index contributed by atoms with van der Waals surface area (Å²) in [6.07, 6.45) is -2.75. The normalized spacial score (nSPS) is 13.2. The SMILES string of the molecule is CC(CCc1ccccc1)Nc1nnc(C(F)(F)F)s1. The van der Waals surface area contributed by atoms with Crippen molar-refractivity contribution in [1.82, 2.24) is 10.2 Å². The third-order valence-electron chi connectivity index (χ3n) is 2.75. The van der Waals surface area contributed by atoms with E-state index in [1.165, 1.54) is 5.56 Å². The molecule has 0 saturated heterocycles. The number of alkyl halides is 3. The lowest BCUT2D eigenvalue weighted by atomic mass is 10.1. The van der Waals surface area contributed by atoms with Crippen molar-refractivity contribution < 1.29 is 13.2 Å². The molecule has 1 unspecified atom stereocenters. The zero-order valence-electron chi connectivity index (χ0n) is 10.8. The van der Waals surface area contributed by atoms with Crippen LogP contribution in [-0.2, 0) is 12.6 Å². The molecule has 0 saturated carbocycles. The molecule has 7 heteroatoms. The van der Waals surface area contributed by atoms with Gasteiger partial charge in [0.05, 0.1) is 0 Å². The Hall–Kier alpha value is -1.63. The highest BCUT2D eigenvalue weighted by Gasteiger charge is 2.35. The minimum Gasteiger partial charge on any atom is -0.358 e. The largest absolute Gasteiger partial charge is 0.445 e. The zero-order valence-corrected chi connectivity index (χ0v) is 11.6. The molecule has 2 aromatic rings. The van der Waals surface area contributed by atoms with Crippen LogP contribution in [0.2, 0.25) is 0 Å². The van der Waals surface area contributed by atoms with Crippen molar-refractivity contribution in [2.24, 2.45) is 0 Å². The molecule has 1 atom stereocenters. The Balaban J connectivity index is 1.85. The molecule has 108 valence electrons. The van der Waals surface area contributed by atoms with E-state index in [-0.39, 0.29) is 11.2 Å². The van der Waals surface area contributed by atoms with Gasteiger partial charge in [-0.25, -0.2) is 0 Å². The van der Waals surface area contributed by atoms with E-state index < -0.39 is 11.2 Å². The van der Waals surface area contributed by atoms with Gasteiger partial charge in [0.1, 0.15) is 0 Å². The minimum atomic E-state index is -4.43. The van der Waals surface area contributed by atoms with Gasteiger partial charge in [-0.1, -0.05) is 41.7 Å². The molecule has 1 aromatic heterocycles. The Morgan fingerprint density at radius 1 is 1.20 bits per heavy atom. The molecule has 0 fully saturated rings. The standard InChI is InChI=1S/C13H14F3N3S/c1-9(7-8-10-5-3-2-4-6-10)17-12-19-18-11(20-12)13(14,15)16/h2-6,9H,7-8H2,1H3,(H,17,19). The van der Waals surface area contributed by atoms with Crippen LogP contribution in [0.4, 0.5) is 18.3 Å². The summed E-state index contributed by atoms with van der Waals surface area (Å²) >= 11 is 0.531. The molecule has 0 bridgehead atoms. The number of nitrogens with one attached hydrogen (secondary N) is 1. The molecule has 2 rings (SSSR count). The molecule has 0 amide bonds. The van der Waals surface area contributed by atoms with Crippen LogP contribution in [0, 0.1) is 0 Å². The Morgan fingerprint density at radius 2 is 1.90 bits per heavy atom. The quantitative estimate of drug-likeness (QED) is 0.907. The molecule has 0 aliphatic carbocycles. The molecule has 1 N–H and O–H groups in total. The smallest absolute Gasteiger partial charge is 0.358 e. The summed E-state index contributed by atoms with van der Waals surface area (Å²) in [5.41, 5.74) is 1.20. The molecule has 1 aromatic carbocycles. The Morgan fingerprint density at radius 3 is 2.50 bits per heavy atom. The highest BCUT2D eigenvalue weighted by Crippen LogP contribution is 2.33. The second-order valence-corrected chi connectivity index (χ2v) is 5.46. The number of nitrogens with zero attached hydrogens (tertiary/aromatic N) is 2.